The van der Waals surface area contributed by atoms with E-state index in [9.17, 15) is 9.18 Å². The number of hydrazone groups is 1. The molecule has 0 unspecified atom stereocenters. The van der Waals surface area contributed by atoms with E-state index in [0.717, 1.165) is 0 Å². The highest BCUT2D eigenvalue weighted by molar-refractivity contribution is 5.95. The molecule has 0 saturated carbocycles. The fraction of sp³-hybridized carbons (Fsp3) is 0.263. The van der Waals surface area contributed by atoms with Crippen molar-refractivity contribution in [3.63, 3.8) is 0 Å². The van der Waals surface area contributed by atoms with Crippen molar-refractivity contribution in [1.29, 1.82) is 0 Å². The van der Waals surface area contributed by atoms with Crippen LogP contribution in [0.25, 0.3) is 0 Å². The van der Waals surface area contributed by atoms with Crippen LogP contribution in [0.15, 0.2) is 47.6 Å². The molecule has 26 heavy (non-hydrogen) atoms. The van der Waals surface area contributed by atoms with Crippen molar-refractivity contribution < 1.29 is 18.7 Å². The van der Waals surface area contributed by atoms with Gasteiger partial charge in [-0.25, -0.2) is 9.82 Å². The van der Waals surface area contributed by atoms with Gasteiger partial charge in [-0.3, -0.25) is 4.79 Å². The lowest BCUT2D eigenvalue weighted by molar-refractivity contribution is 0.0954. The van der Waals surface area contributed by atoms with Crippen LogP contribution in [0, 0.1) is 5.82 Å². The SMILES string of the molecule is COc1cccc(C(=O)N/N=C\c2ccc(N3CCOCC3)c(F)c2)c1. The number of halogens is 1. The number of morpholine rings is 1. The van der Waals surface area contributed by atoms with Crippen LogP contribution in [-0.4, -0.2) is 45.5 Å². The molecule has 1 N–H and O–H groups in total. The Morgan fingerprint density at radius 3 is 2.81 bits per heavy atom. The molecule has 0 radical (unpaired) electrons. The number of rotatable bonds is 5. The normalized spacial score (nSPS) is 14.5. The van der Waals surface area contributed by atoms with Gasteiger partial charge in [-0.05, 0) is 35.9 Å². The molecule has 136 valence electrons. The lowest BCUT2D eigenvalue weighted by atomic mass is 10.2. The van der Waals surface area contributed by atoms with E-state index >= 15 is 0 Å². The third-order valence-electron chi connectivity index (χ3n) is 4.04. The molecule has 2 aromatic carbocycles. The second-order valence-corrected chi connectivity index (χ2v) is 5.74. The maximum absolute atomic E-state index is 14.3. The van der Waals surface area contributed by atoms with Crippen molar-refractivity contribution in [1.82, 2.24) is 5.43 Å². The van der Waals surface area contributed by atoms with Crippen LogP contribution in [0.2, 0.25) is 0 Å². The number of nitrogens with one attached hydrogen (secondary N) is 1. The Hall–Kier alpha value is -2.93. The Morgan fingerprint density at radius 2 is 2.08 bits per heavy atom. The number of carbonyl (C=O) groups is 1. The quantitative estimate of drug-likeness (QED) is 0.659. The second kappa shape index (κ2) is 8.44. The third-order valence-corrected chi connectivity index (χ3v) is 4.04. The van der Waals surface area contributed by atoms with Gasteiger partial charge < -0.3 is 14.4 Å². The van der Waals surface area contributed by atoms with E-state index in [2.05, 4.69) is 10.5 Å². The molecule has 3 rings (SSSR count). The number of carbonyl (C=O) groups excluding carboxylic acids is 1. The van der Waals surface area contributed by atoms with E-state index in [0.29, 0.717) is 48.9 Å². The Morgan fingerprint density at radius 1 is 1.27 bits per heavy atom. The maximum atomic E-state index is 14.3. The van der Waals surface area contributed by atoms with Crippen LogP contribution >= 0.6 is 0 Å². The number of anilines is 1. The highest BCUT2D eigenvalue weighted by Gasteiger charge is 2.15. The van der Waals surface area contributed by atoms with Gasteiger partial charge in [0.2, 0.25) is 0 Å². The molecule has 7 heteroatoms. The molecule has 0 spiro atoms. The minimum Gasteiger partial charge on any atom is -0.497 e. The van der Waals surface area contributed by atoms with Gasteiger partial charge in [-0.2, -0.15) is 5.10 Å². The molecule has 1 aliphatic heterocycles. The molecule has 1 fully saturated rings. The number of amides is 1. The smallest absolute Gasteiger partial charge is 0.271 e. The van der Waals surface area contributed by atoms with Crippen molar-refractivity contribution >= 4 is 17.8 Å². The van der Waals surface area contributed by atoms with Gasteiger partial charge in [-0.1, -0.05) is 12.1 Å². The molecule has 0 aromatic heterocycles. The largest absolute Gasteiger partial charge is 0.497 e. The second-order valence-electron chi connectivity index (χ2n) is 5.74. The first-order chi connectivity index (χ1) is 12.7. The van der Waals surface area contributed by atoms with Crippen molar-refractivity contribution in [3.05, 3.63) is 59.4 Å². The lowest BCUT2D eigenvalue weighted by Gasteiger charge is -2.29. The van der Waals surface area contributed by atoms with Gasteiger partial charge in [0.15, 0.2) is 0 Å². The standard InChI is InChI=1S/C19H20FN3O3/c1-25-16-4-2-3-15(12-16)19(24)22-21-13-14-5-6-18(17(20)11-14)23-7-9-26-10-8-23/h2-6,11-13H,7-10H2,1H3,(H,22,24)/b21-13-. The summed E-state index contributed by atoms with van der Waals surface area (Å²) in [5.41, 5.74) is 3.96. The predicted molar refractivity (Wildman–Crippen MR) is 97.5 cm³/mol. The molecular formula is C19H20FN3O3. The summed E-state index contributed by atoms with van der Waals surface area (Å²) < 4.78 is 24.7. The van der Waals surface area contributed by atoms with Crippen LogP contribution in [0.1, 0.15) is 15.9 Å². The molecule has 1 heterocycles. The van der Waals surface area contributed by atoms with Crippen LogP contribution in [0.3, 0.4) is 0 Å². The van der Waals surface area contributed by atoms with Crippen molar-refractivity contribution in [2.45, 2.75) is 0 Å². The highest BCUT2D eigenvalue weighted by atomic mass is 19.1. The van der Waals surface area contributed by atoms with Crippen LogP contribution in [0.4, 0.5) is 10.1 Å². The topological polar surface area (TPSA) is 63.2 Å². The molecule has 0 atom stereocenters. The molecule has 0 bridgehead atoms. The molecule has 1 aliphatic rings. The molecular weight excluding hydrogens is 337 g/mol. The van der Waals surface area contributed by atoms with E-state index < -0.39 is 0 Å². The summed E-state index contributed by atoms with van der Waals surface area (Å²) in [6.45, 7) is 2.53. The number of hydrogen-bond donors (Lipinski definition) is 1. The van der Waals surface area contributed by atoms with Crippen molar-refractivity contribution in [2.75, 3.05) is 38.3 Å². The Balaban J connectivity index is 1.63. The first kappa shape index (κ1) is 17.9. The van der Waals surface area contributed by atoms with E-state index in [1.807, 2.05) is 4.90 Å². The van der Waals surface area contributed by atoms with E-state index in [-0.39, 0.29) is 11.7 Å². The Kier molecular flexibility index (Phi) is 5.80. The van der Waals surface area contributed by atoms with Crippen LogP contribution in [-0.2, 0) is 4.74 Å². The van der Waals surface area contributed by atoms with Gasteiger partial charge in [0.25, 0.3) is 5.91 Å². The average molecular weight is 357 g/mol. The summed E-state index contributed by atoms with van der Waals surface area (Å²) in [6.07, 6.45) is 1.41. The zero-order valence-corrected chi connectivity index (χ0v) is 14.4. The molecule has 1 amide bonds. The number of hydrogen-bond acceptors (Lipinski definition) is 5. The zero-order chi connectivity index (χ0) is 18.4. The van der Waals surface area contributed by atoms with E-state index in [1.165, 1.54) is 19.4 Å². The molecule has 6 nitrogen and oxygen atoms in total. The minimum atomic E-state index is -0.370. The third kappa shape index (κ3) is 4.37. The van der Waals surface area contributed by atoms with Gasteiger partial charge in [0.05, 0.1) is 32.2 Å². The first-order valence-electron chi connectivity index (χ1n) is 8.27. The lowest BCUT2D eigenvalue weighted by Crippen LogP contribution is -2.36. The fourth-order valence-electron chi connectivity index (χ4n) is 2.66. The Labute approximate surface area is 151 Å². The fourth-order valence-corrected chi connectivity index (χ4v) is 2.66. The number of nitrogens with zero attached hydrogens (tertiary/aromatic N) is 2. The Bertz CT molecular complexity index is 804. The summed E-state index contributed by atoms with van der Waals surface area (Å²) in [6, 6.07) is 11.6. The predicted octanol–water partition coefficient (Wildman–Crippen LogP) is 2.43. The summed E-state index contributed by atoms with van der Waals surface area (Å²) in [5.74, 6) is -0.108. The van der Waals surface area contributed by atoms with Crippen molar-refractivity contribution in [2.24, 2.45) is 5.10 Å². The first-order valence-corrected chi connectivity index (χ1v) is 8.27. The molecule has 2 aromatic rings. The highest BCUT2D eigenvalue weighted by Crippen LogP contribution is 2.21. The average Bonchev–Trinajstić information content (AvgIpc) is 2.68. The van der Waals surface area contributed by atoms with Gasteiger partial charge >= 0.3 is 0 Å². The van der Waals surface area contributed by atoms with Crippen LogP contribution in [0.5, 0.6) is 5.75 Å². The number of ether oxygens (including phenoxy) is 2. The summed E-state index contributed by atoms with van der Waals surface area (Å²) in [7, 11) is 1.53. The summed E-state index contributed by atoms with van der Waals surface area (Å²) >= 11 is 0. The maximum Gasteiger partial charge on any atom is 0.271 e. The summed E-state index contributed by atoms with van der Waals surface area (Å²) in [4.78, 5) is 14.0. The van der Waals surface area contributed by atoms with E-state index in [4.69, 9.17) is 9.47 Å². The van der Waals surface area contributed by atoms with Crippen LogP contribution < -0.4 is 15.1 Å². The van der Waals surface area contributed by atoms with Gasteiger partial charge in [-0.15, -0.1) is 0 Å². The number of methoxy groups -OCH3 is 1. The van der Waals surface area contributed by atoms with Crippen molar-refractivity contribution in [3.8, 4) is 5.75 Å². The zero-order valence-electron chi connectivity index (χ0n) is 14.4. The number of benzene rings is 2. The molecule has 1 saturated heterocycles. The monoisotopic (exact) mass is 357 g/mol. The minimum absolute atomic E-state index is 0.324. The van der Waals surface area contributed by atoms with Gasteiger partial charge in [0, 0.05) is 18.7 Å². The molecule has 0 aliphatic carbocycles. The van der Waals surface area contributed by atoms with Gasteiger partial charge in [0.1, 0.15) is 11.6 Å². The van der Waals surface area contributed by atoms with E-state index in [1.54, 1.807) is 36.4 Å². The summed E-state index contributed by atoms with van der Waals surface area (Å²) in [5, 5.41) is 3.89.